The van der Waals surface area contributed by atoms with Gasteiger partial charge in [0, 0.05) is 53.8 Å². The molecule has 0 bridgehead atoms. The first-order chi connectivity index (χ1) is 19.5. The summed E-state index contributed by atoms with van der Waals surface area (Å²) in [4.78, 5) is 19.1. The molecule has 2 aromatic heterocycles. The number of guanidine groups is 1. The normalized spacial score (nSPS) is 21.3. The maximum atomic E-state index is 13.3. The number of hydrogen-bond donors (Lipinski definition) is 2. The summed E-state index contributed by atoms with van der Waals surface area (Å²) >= 11 is 0. The van der Waals surface area contributed by atoms with Crippen molar-refractivity contribution >= 4 is 18.6 Å². The van der Waals surface area contributed by atoms with Gasteiger partial charge in [-0.25, -0.2) is 9.67 Å². The van der Waals surface area contributed by atoms with E-state index in [0.717, 1.165) is 35.4 Å². The van der Waals surface area contributed by atoms with Gasteiger partial charge < -0.3 is 24.8 Å². The van der Waals surface area contributed by atoms with Gasteiger partial charge in [0.05, 0.1) is 32.1 Å². The van der Waals surface area contributed by atoms with E-state index in [1.165, 1.54) is 0 Å². The van der Waals surface area contributed by atoms with Crippen molar-refractivity contribution in [3.05, 3.63) is 29.8 Å². The number of ether oxygens (including phenoxy) is 2. The molecule has 1 atom stereocenters. The molecule has 0 spiro atoms. The molecule has 0 aromatic carbocycles. The molecule has 2 N–H and O–H groups in total. The lowest BCUT2D eigenvalue weighted by atomic mass is 9.85. The number of rotatable bonds is 9. The van der Waals surface area contributed by atoms with Crippen molar-refractivity contribution in [3.63, 3.8) is 0 Å². The Hall–Kier alpha value is -3.16. The van der Waals surface area contributed by atoms with Crippen LogP contribution in [0.2, 0.25) is 0 Å². The molecule has 2 aliphatic rings. The number of morpholine rings is 1. The lowest BCUT2D eigenvalue weighted by molar-refractivity contribution is -0.143. The maximum Gasteiger partial charge on any atom is 0.345 e. The molecule has 2 fully saturated rings. The van der Waals surface area contributed by atoms with Crippen LogP contribution in [0.3, 0.4) is 0 Å². The molecule has 0 radical (unpaired) electrons. The van der Waals surface area contributed by atoms with E-state index < -0.39 is 18.2 Å². The summed E-state index contributed by atoms with van der Waals surface area (Å²) in [6.07, 6.45) is 6.27. The minimum absolute atomic E-state index is 0.0199. The molecule has 3 heterocycles. The van der Waals surface area contributed by atoms with E-state index in [-0.39, 0.29) is 30.5 Å². The number of nitrogens with zero attached hydrogens (tertiary/aromatic N) is 6. The van der Waals surface area contributed by atoms with Crippen LogP contribution >= 0.6 is 0 Å². The standard InChI is InChI=1S/C28H41F2N7O4/c1-18(17-41-26(29)30)33-27(31-5)34-37-19(2)23(14-24(37)20-6-8-22(38)9-7-20)21-15-32-36(16-21)28(3,4)25(39)35-10-12-40-13-11-35/h14-16,18,20,22,26,38H,5-13,17H2,1-4H3,(H,33,34)/t18-,20-,22-/m0/s1. The predicted octanol–water partition coefficient (Wildman–Crippen LogP) is 3.31. The van der Waals surface area contributed by atoms with Gasteiger partial charge in [0.2, 0.25) is 11.9 Å². The Balaban J connectivity index is 1.66. The van der Waals surface area contributed by atoms with Gasteiger partial charge in [-0.2, -0.15) is 13.9 Å². The van der Waals surface area contributed by atoms with E-state index in [4.69, 9.17) is 9.84 Å². The number of halogens is 2. The molecule has 13 heteroatoms. The van der Waals surface area contributed by atoms with Crippen molar-refractivity contribution in [2.75, 3.05) is 32.9 Å². The highest BCUT2D eigenvalue weighted by Gasteiger charge is 2.36. The fraction of sp³-hybridized carbons (Fsp3) is 0.643. The molecule has 1 aliphatic carbocycles. The average Bonchev–Trinajstić information content (AvgIpc) is 3.57. The van der Waals surface area contributed by atoms with Crippen LogP contribution in [0.4, 0.5) is 8.78 Å². The highest BCUT2D eigenvalue weighted by Crippen LogP contribution is 2.38. The van der Waals surface area contributed by atoms with Gasteiger partial charge in [0.25, 0.3) is 0 Å². The molecule has 11 nitrogen and oxygen atoms in total. The van der Waals surface area contributed by atoms with Gasteiger partial charge >= 0.3 is 6.61 Å². The highest BCUT2D eigenvalue weighted by atomic mass is 19.3. The number of carbonyl (C=O) groups is 1. The Morgan fingerprint density at radius 2 is 1.98 bits per heavy atom. The van der Waals surface area contributed by atoms with E-state index in [9.17, 15) is 18.7 Å². The minimum Gasteiger partial charge on any atom is -0.393 e. The Morgan fingerprint density at radius 1 is 1.29 bits per heavy atom. The van der Waals surface area contributed by atoms with Crippen molar-refractivity contribution in [2.45, 2.75) is 83.6 Å². The largest absolute Gasteiger partial charge is 0.393 e. The van der Waals surface area contributed by atoms with Crippen molar-refractivity contribution in [2.24, 2.45) is 10.1 Å². The third kappa shape index (κ3) is 7.19. The predicted molar refractivity (Wildman–Crippen MR) is 151 cm³/mol. The number of aliphatic hydroxyl groups is 1. The molecule has 4 rings (SSSR count). The van der Waals surface area contributed by atoms with E-state index in [1.54, 1.807) is 27.4 Å². The van der Waals surface area contributed by atoms with Crippen LogP contribution in [0.15, 0.2) is 28.6 Å². The highest BCUT2D eigenvalue weighted by molar-refractivity contribution is 5.85. The van der Waals surface area contributed by atoms with Crippen LogP contribution in [-0.2, 0) is 19.8 Å². The second kappa shape index (κ2) is 13.2. The smallest absolute Gasteiger partial charge is 0.345 e. The van der Waals surface area contributed by atoms with Gasteiger partial charge in [-0.1, -0.05) is 0 Å². The fourth-order valence-electron chi connectivity index (χ4n) is 5.41. The zero-order valence-corrected chi connectivity index (χ0v) is 24.2. The molecular formula is C28H41F2N7O4. The lowest BCUT2D eigenvalue weighted by Crippen LogP contribution is -2.51. The van der Waals surface area contributed by atoms with Crippen LogP contribution in [0, 0.1) is 6.92 Å². The number of carbonyl (C=O) groups excluding carboxylic acids is 1. The number of alkyl halides is 2. The van der Waals surface area contributed by atoms with Crippen LogP contribution in [-0.4, -0.2) is 94.7 Å². The van der Waals surface area contributed by atoms with Gasteiger partial charge in [-0.15, -0.1) is 5.10 Å². The number of aliphatic hydroxyl groups excluding tert-OH is 1. The molecule has 2 aromatic rings. The Bertz CT molecular complexity index is 1230. The van der Waals surface area contributed by atoms with Crippen LogP contribution in [0.5, 0.6) is 0 Å². The maximum absolute atomic E-state index is 13.3. The summed E-state index contributed by atoms with van der Waals surface area (Å²) in [5.74, 6) is 0.300. The van der Waals surface area contributed by atoms with E-state index in [2.05, 4.69) is 32.9 Å². The number of amides is 1. The quantitative estimate of drug-likeness (QED) is 0.349. The zero-order chi connectivity index (χ0) is 29.7. The zero-order valence-electron chi connectivity index (χ0n) is 24.2. The van der Waals surface area contributed by atoms with E-state index in [0.29, 0.717) is 39.1 Å². The first-order valence-corrected chi connectivity index (χ1v) is 14.1. The molecule has 226 valence electrons. The lowest BCUT2D eigenvalue weighted by Gasteiger charge is -2.34. The first kappa shape index (κ1) is 30.8. The molecular weight excluding hydrogens is 536 g/mol. The molecule has 41 heavy (non-hydrogen) atoms. The third-order valence-corrected chi connectivity index (χ3v) is 7.84. The number of aromatic nitrogens is 3. The summed E-state index contributed by atoms with van der Waals surface area (Å²) < 4.78 is 38.3. The second-order valence-corrected chi connectivity index (χ2v) is 11.2. The Labute approximate surface area is 239 Å². The number of nitrogens with one attached hydrogen (secondary N) is 1. The summed E-state index contributed by atoms with van der Waals surface area (Å²) in [7, 11) is 0. The first-order valence-electron chi connectivity index (χ1n) is 14.1. The topological polar surface area (TPSA) is 118 Å². The monoisotopic (exact) mass is 577 g/mol. The number of hydrogen-bond acceptors (Lipinski definition) is 6. The van der Waals surface area contributed by atoms with Gasteiger partial charge in [-0.3, -0.25) is 9.48 Å². The summed E-state index contributed by atoms with van der Waals surface area (Å²) in [6.45, 7) is 9.99. The van der Waals surface area contributed by atoms with Crippen molar-refractivity contribution in [1.29, 1.82) is 0 Å². The SMILES string of the molecule is C=N/C(=N\n1c(C)c(-c2cnn(C(C)(C)C(=O)N3CCOCC3)c2)cc1[C@H]1CC[C@H](O)CC1)N[C@@H](C)COC(F)F. The summed E-state index contributed by atoms with van der Waals surface area (Å²) in [6, 6.07) is 1.59. The summed E-state index contributed by atoms with van der Waals surface area (Å²) in [5.41, 5.74) is 2.60. The Morgan fingerprint density at radius 3 is 2.61 bits per heavy atom. The second-order valence-electron chi connectivity index (χ2n) is 11.2. The van der Waals surface area contributed by atoms with Gasteiger partial charge in [-0.05, 0) is 66.2 Å². The molecule has 1 amide bonds. The molecule has 0 unspecified atom stereocenters. The summed E-state index contributed by atoms with van der Waals surface area (Å²) in [5, 5.41) is 22.4. The van der Waals surface area contributed by atoms with Gasteiger partial charge in [0.1, 0.15) is 5.54 Å². The van der Waals surface area contributed by atoms with Gasteiger partial charge in [0.15, 0.2) is 0 Å². The average molecular weight is 578 g/mol. The Kier molecular flexibility index (Phi) is 9.92. The van der Waals surface area contributed by atoms with Crippen molar-refractivity contribution < 1.29 is 28.2 Å². The molecule has 1 aliphatic heterocycles. The fourth-order valence-corrected chi connectivity index (χ4v) is 5.41. The third-order valence-electron chi connectivity index (χ3n) is 7.84. The van der Waals surface area contributed by atoms with Crippen LogP contribution in [0.25, 0.3) is 11.1 Å². The van der Waals surface area contributed by atoms with Crippen LogP contribution in [0.1, 0.15) is 63.8 Å². The van der Waals surface area contributed by atoms with Crippen molar-refractivity contribution in [1.82, 2.24) is 24.7 Å². The number of aliphatic imine (C=N–C) groups is 1. The molecule has 1 saturated carbocycles. The van der Waals surface area contributed by atoms with Crippen LogP contribution < -0.4 is 5.32 Å². The minimum atomic E-state index is -2.87. The van der Waals surface area contributed by atoms with E-state index >= 15 is 0 Å². The molecule has 1 saturated heterocycles. The van der Waals surface area contributed by atoms with Crippen molar-refractivity contribution in [3.8, 4) is 11.1 Å². The van der Waals surface area contributed by atoms with E-state index in [1.807, 2.05) is 27.0 Å².